The summed E-state index contributed by atoms with van der Waals surface area (Å²) in [7, 11) is 0. The van der Waals surface area contributed by atoms with Crippen molar-refractivity contribution in [3.05, 3.63) is 23.0 Å². The molecule has 0 amide bonds. The lowest BCUT2D eigenvalue weighted by Gasteiger charge is -2.31. The molecule has 2 rings (SSSR count). The van der Waals surface area contributed by atoms with Crippen LogP contribution in [0.5, 0.6) is 0 Å². The van der Waals surface area contributed by atoms with Gasteiger partial charge in [0.1, 0.15) is 0 Å². The van der Waals surface area contributed by atoms with Crippen molar-refractivity contribution in [3.63, 3.8) is 0 Å². The van der Waals surface area contributed by atoms with Crippen molar-refractivity contribution in [3.8, 4) is 0 Å². The van der Waals surface area contributed by atoms with E-state index < -0.39 is 0 Å². The second-order valence-corrected chi connectivity index (χ2v) is 4.86. The molecule has 3 nitrogen and oxygen atoms in total. The molecule has 1 aliphatic rings. The molecule has 16 heavy (non-hydrogen) atoms. The van der Waals surface area contributed by atoms with Crippen LogP contribution >= 0.6 is 11.6 Å². The zero-order valence-electron chi connectivity index (χ0n) is 9.69. The van der Waals surface area contributed by atoms with Gasteiger partial charge >= 0.3 is 0 Å². The van der Waals surface area contributed by atoms with Crippen molar-refractivity contribution < 1.29 is 0 Å². The molecule has 4 heteroatoms. The van der Waals surface area contributed by atoms with Gasteiger partial charge in [0.15, 0.2) is 5.15 Å². The maximum atomic E-state index is 5.71. The summed E-state index contributed by atoms with van der Waals surface area (Å²) in [5.41, 5.74) is 1.01. The molecule has 0 spiro atoms. The predicted octanol–water partition coefficient (Wildman–Crippen LogP) is 2.75. The number of rotatable bonds is 5. The maximum absolute atomic E-state index is 5.71. The van der Waals surface area contributed by atoms with Crippen molar-refractivity contribution in [2.45, 2.75) is 32.7 Å². The van der Waals surface area contributed by atoms with Crippen molar-refractivity contribution in [2.24, 2.45) is 5.92 Å². The summed E-state index contributed by atoms with van der Waals surface area (Å²) in [6, 6.07) is 3.76. The predicted molar refractivity (Wildman–Crippen MR) is 65.3 cm³/mol. The molecule has 88 valence electrons. The van der Waals surface area contributed by atoms with Crippen LogP contribution in [0.2, 0.25) is 5.15 Å². The Hall–Kier alpha value is -0.670. The number of nitrogens with zero attached hydrogens (tertiary/aromatic N) is 3. The van der Waals surface area contributed by atoms with E-state index in [-0.39, 0.29) is 0 Å². The SMILES string of the molecule is CCN(Cc1ccc(Cl)nn1)CC1CCC1. The molecule has 1 heterocycles. The average Bonchev–Trinajstić information content (AvgIpc) is 2.24. The van der Waals surface area contributed by atoms with Gasteiger partial charge in [-0.15, -0.1) is 5.10 Å². The molecule has 0 radical (unpaired) electrons. The molecule has 1 fully saturated rings. The summed E-state index contributed by atoms with van der Waals surface area (Å²) in [6.07, 6.45) is 4.19. The van der Waals surface area contributed by atoms with Crippen LogP contribution in [-0.4, -0.2) is 28.2 Å². The molecule has 0 unspecified atom stereocenters. The Balaban J connectivity index is 1.87. The van der Waals surface area contributed by atoms with Gasteiger partial charge in [0.2, 0.25) is 0 Å². The highest BCUT2D eigenvalue weighted by Crippen LogP contribution is 2.27. The highest BCUT2D eigenvalue weighted by atomic mass is 35.5. The summed E-state index contributed by atoms with van der Waals surface area (Å²) in [5, 5.41) is 8.43. The molecule has 1 saturated carbocycles. The topological polar surface area (TPSA) is 29.0 Å². The van der Waals surface area contributed by atoms with Gasteiger partial charge in [0.25, 0.3) is 0 Å². The summed E-state index contributed by atoms with van der Waals surface area (Å²) in [6.45, 7) is 5.35. The van der Waals surface area contributed by atoms with Gasteiger partial charge in [-0.3, -0.25) is 4.90 Å². The highest BCUT2D eigenvalue weighted by Gasteiger charge is 2.20. The van der Waals surface area contributed by atoms with Gasteiger partial charge in [0, 0.05) is 13.1 Å². The Morgan fingerprint density at radius 3 is 2.69 bits per heavy atom. The molecule has 1 aromatic rings. The van der Waals surface area contributed by atoms with E-state index in [0.717, 1.165) is 24.7 Å². The summed E-state index contributed by atoms with van der Waals surface area (Å²) >= 11 is 5.71. The number of aromatic nitrogens is 2. The van der Waals surface area contributed by atoms with E-state index in [1.807, 2.05) is 6.07 Å². The molecule has 0 aromatic carbocycles. The minimum Gasteiger partial charge on any atom is -0.297 e. The minimum absolute atomic E-state index is 0.464. The first-order valence-corrected chi connectivity index (χ1v) is 6.36. The Morgan fingerprint density at radius 1 is 1.38 bits per heavy atom. The lowest BCUT2D eigenvalue weighted by atomic mass is 9.85. The fraction of sp³-hybridized carbons (Fsp3) is 0.667. The van der Waals surface area contributed by atoms with Crippen LogP contribution in [0.3, 0.4) is 0 Å². The van der Waals surface area contributed by atoms with E-state index in [4.69, 9.17) is 11.6 Å². The maximum Gasteiger partial charge on any atom is 0.151 e. The van der Waals surface area contributed by atoms with E-state index in [2.05, 4.69) is 22.0 Å². The third-order valence-corrected chi connectivity index (χ3v) is 3.46. The van der Waals surface area contributed by atoms with Crippen LogP contribution in [-0.2, 0) is 6.54 Å². The summed E-state index contributed by atoms with van der Waals surface area (Å²) in [4.78, 5) is 2.43. The third-order valence-electron chi connectivity index (χ3n) is 3.26. The standard InChI is InChI=1S/C12H18ClN3/c1-2-16(8-10-4-3-5-10)9-11-6-7-12(13)15-14-11/h6-7,10H,2-5,8-9H2,1H3. The van der Waals surface area contributed by atoms with Crippen LogP contribution in [0, 0.1) is 5.92 Å². The number of hydrogen-bond donors (Lipinski definition) is 0. The molecular weight excluding hydrogens is 222 g/mol. The molecule has 0 atom stereocenters. The monoisotopic (exact) mass is 239 g/mol. The Bertz CT molecular complexity index is 322. The zero-order chi connectivity index (χ0) is 11.4. The van der Waals surface area contributed by atoms with E-state index >= 15 is 0 Å². The van der Waals surface area contributed by atoms with E-state index in [9.17, 15) is 0 Å². The van der Waals surface area contributed by atoms with Crippen LogP contribution in [0.25, 0.3) is 0 Å². The second-order valence-electron chi connectivity index (χ2n) is 4.47. The fourth-order valence-corrected chi connectivity index (χ4v) is 2.10. The first-order chi connectivity index (χ1) is 7.78. The van der Waals surface area contributed by atoms with Crippen LogP contribution in [0.15, 0.2) is 12.1 Å². The normalized spacial score (nSPS) is 16.4. The molecular formula is C12H18ClN3. The number of halogens is 1. The van der Waals surface area contributed by atoms with Crippen molar-refractivity contribution in [1.82, 2.24) is 15.1 Å². The van der Waals surface area contributed by atoms with Crippen LogP contribution < -0.4 is 0 Å². The Labute approximate surface area is 102 Å². The quantitative estimate of drug-likeness (QED) is 0.791. The molecule has 0 bridgehead atoms. The largest absolute Gasteiger partial charge is 0.297 e. The van der Waals surface area contributed by atoms with Crippen LogP contribution in [0.4, 0.5) is 0 Å². The molecule has 0 aliphatic heterocycles. The molecule has 1 aromatic heterocycles. The van der Waals surface area contributed by atoms with E-state index in [1.165, 1.54) is 25.8 Å². The lowest BCUT2D eigenvalue weighted by molar-refractivity contribution is 0.176. The van der Waals surface area contributed by atoms with E-state index in [1.54, 1.807) is 6.07 Å². The minimum atomic E-state index is 0.464. The fourth-order valence-electron chi connectivity index (χ4n) is 2.00. The summed E-state index contributed by atoms with van der Waals surface area (Å²) in [5.74, 6) is 0.903. The Kier molecular flexibility index (Phi) is 4.13. The van der Waals surface area contributed by atoms with Crippen molar-refractivity contribution in [2.75, 3.05) is 13.1 Å². The van der Waals surface area contributed by atoms with Gasteiger partial charge in [0.05, 0.1) is 5.69 Å². The van der Waals surface area contributed by atoms with Gasteiger partial charge in [-0.05, 0) is 37.4 Å². The lowest BCUT2D eigenvalue weighted by Crippen LogP contribution is -2.32. The van der Waals surface area contributed by atoms with E-state index in [0.29, 0.717) is 5.15 Å². The Morgan fingerprint density at radius 2 is 2.19 bits per heavy atom. The van der Waals surface area contributed by atoms with Crippen molar-refractivity contribution >= 4 is 11.6 Å². The van der Waals surface area contributed by atoms with Crippen LogP contribution in [0.1, 0.15) is 31.9 Å². The summed E-state index contributed by atoms with van der Waals surface area (Å²) < 4.78 is 0. The smallest absolute Gasteiger partial charge is 0.151 e. The highest BCUT2D eigenvalue weighted by molar-refractivity contribution is 6.29. The molecule has 1 aliphatic carbocycles. The number of hydrogen-bond acceptors (Lipinski definition) is 3. The van der Waals surface area contributed by atoms with Gasteiger partial charge in [-0.1, -0.05) is 24.9 Å². The van der Waals surface area contributed by atoms with Gasteiger partial charge < -0.3 is 0 Å². The van der Waals surface area contributed by atoms with Gasteiger partial charge in [-0.25, -0.2) is 0 Å². The van der Waals surface area contributed by atoms with Gasteiger partial charge in [-0.2, -0.15) is 5.10 Å². The van der Waals surface area contributed by atoms with Crippen molar-refractivity contribution in [1.29, 1.82) is 0 Å². The first-order valence-electron chi connectivity index (χ1n) is 5.98. The molecule has 0 N–H and O–H groups in total. The molecule has 0 saturated heterocycles. The second kappa shape index (κ2) is 5.60. The zero-order valence-corrected chi connectivity index (χ0v) is 10.5. The first kappa shape index (κ1) is 11.8. The third kappa shape index (κ3) is 3.16. The average molecular weight is 240 g/mol.